The minimum atomic E-state index is -4.40. The number of aromatic nitrogens is 1. The van der Waals surface area contributed by atoms with Crippen LogP contribution in [-0.4, -0.2) is 30.4 Å². The number of para-hydroxylation sites is 1. The van der Waals surface area contributed by atoms with Crippen LogP contribution in [0.2, 0.25) is 0 Å². The first-order chi connectivity index (χ1) is 14.4. The van der Waals surface area contributed by atoms with E-state index >= 15 is 0 Å². The van der Waals surface area contributed by atoms with E-state index in [2.05, 4.69) is 15.5 Å². The summed E-state index contributed by atoms with van der Waals surface area (Å²) in [7, 11) is -4.40. The van der Waals surface area contributed by atoms with Crippen molar-refractivity contribution in [1.82, 2.24) is 10.4 Å². The highest BCUT2D eigenvalue weighted by molar-refractivity contribution is 7.87. The van der Waals surface area contributed by atoms with Gasteiger partial charge in [-0.1, -0.05) is 12.1 Å². The van der Waals surface area contributed by atoms with E-state index in [1.807, 2.05) is 0 Å². The van der Waals surface area contributed by atoms with Crippen LogP contribution in [0.4, 0.5) is 5.69 Å². The maximum atomic E-state index is 12.4. The Hall–Kier alpha value is -4.12. The number of hydrogen-bond donors (Lipinski definition) is 1. The van der Waals surface area contributed by atoms with Crippen LogP contribution in [0.25, 0.3) is 0 Å². The monoisotopic (exact) mass is 426 g/mol. The van der Waals surface area contributed by atoms with Crippen molar-refractivity contribution in [3.05, 3.63) is 94.3 Å². The molecule has 3 aromatic rings. The van der Waals surface area contributed by atoms with E-state index in [1.54, 1.807) is 0 Å². The fourth-order valence-electron chi connectivity index (χ4n) is 2.33. The number of pyridine rings is 1. The van der Waals surface area contributed by atoms with E-state index < -0.39 is 31.5 Å². The molecule has 152 valence electrons. The number of nitrogens with zero attached hydrogens (tertiary/aromatic N) is 3. The number of amides is 1. The van der Waals surface area contributed by atoms with Gasteiger partial charge in [0.25, 0.3) is 11.6 Å². The molecule has 30 heavy (non-hydrogen) atoms. The molecule has 0 bridgehead atoms. The first-order valence-corrected chi connectivity index (χ1v) is 9.79. The summed E-state index contributed by atoms with van der Waals surface area (Å²) in [6.45, 7) is 0. The Balaban J connectivity index is 1.67. The van der Waals surface area contributed by atoms with Gasteiger partial charge in [0.15, 0.2) is 4.90 Å². The van der Waals surface area contributed by atoms with Crippen LogP contribution < -0.4 is 9.61 Å². The van der Waals surface area contributed by atoms with Crippen molar-refractivity contribution in [2.45, 2.75) is 4.90 Å². The van der Waals surface area contributed by atoms with Gasteiger partial charge >= 0.3 is 10.1 Å². The lowest BCUT2D eigenvalue weighted by Gasteiger charge is -2.07. The molecule has 11 heteroatoms. The lowest BCUT2D eigenvalue weighted by molar-refractivity contribution is -0.387. The smallest absolute Gasteiger partial charge is 0.346 e. The van der Waals surface area contributed by atoms with Gasteiger partial charge in [-0.2, -0.15) is 13.5 Å². The van der Waals surface area contributed by atoms with Gasteiger partial charge in [0.1, 0.15) is 5.75 Å². The summed E-state index contributed by atoms with van der Waals surface area (Å²) >= 11 is 0. The summed E-state index contributed by atoms with van der Waals surface area (Å²) in [4.78, 5) is 25.4. The molecular weight excluding hydrogens is 412 g/mol. The maximum absolute atomic E-state index is 12.4. The van der Waals surface area contributed by atoms with Crippen LogP contribution in [0.1, 0.15) is 15.9 Å². The summed E-state index contributed by atoms with van der Waals surface area (Å²) in [6, 6.07) is 13.7. The Bertz CT molecular complexity index is 1200. The second-order valence-corrected chi connectivity index (χ2v) is 7.28. The molecule has 0 saturated heterocycles. The number of hydrazone groups is 1. The quantitative estimate of drug-likeness (QED) is 0.265. The predicted molar refractivity (Wildman–Crippen MR) is 107 cm³/mol. The molecule has 10 nitrogen and oxygen atoms in total. The van der Waals surface area contributed by atoms with Crippen molar-refractivity contribution in [1.29, 1.82) is 0 Å². The van der Waals surface area contributed by atoms with E-state index in [0.717, 1.165) is 12.1 Å². The van der Waals surface area contributed by atoms with E-state index in [0.29, 0.717) is 11.1 Å². The van der Waals surface area contributed by atoms with E-state index in [4.69, 9.17) is 4.18 Å². The first kappa shape index (κ1) is 20.6. The molecule has 0 radical (unpaired) electrons. The topological polar surface area (TPSA) is 141 Å². The molecule has 0 spiro atoms. The van der Waals surface area contributed by atoms with Gasteiger partial charge in [0, 0.05) is 24.0 Å². The third-order valence-corrected chi connectivity index (χ3v) is 5.04. The maximum Gasteiger partial charge on any atom is 0.346 e. The van der Waals surface area contributed by atoms with Crippen molar-refractivity contribution >= 4 is 27.9 Å². The van der Waals surface area contributed by atoms with Gasteiger partial charge in [-0.3, -0.25) is 19.9 Å². The molecule has 0 saturated carbocycles. The number of hydrogen-bond acceptors (Lipinski definition) is 8. The minimum absolute atomic E-state index is 0.0360. The number of rotatable bonds is 7. The number of benzene rings is 2. The zero-order valence-corrected chi connectivity index (χ0v) is 16.0. The molecule has 3 rings (SSSR count). The summed E-state index contributed by atoms with van der Waals surface area (Å²) < 4.78 is 29.8. The average Bonchev–Trinajstić information content (AvgIpc) is 2.75. The third kappa shape index (κ3) is 5.02. The van der Waals surface area contributed by atoms with Crippen LogP contribution in [0.15, 0.2) is 83.1 Å². The van der Waals surface area contributed by atoms with Crippen LogP contribution in [-0.2, 0) is 10.1 Å². The molecule has 0 fully saturated rings. The fraction of sp³-hybridized carbons (Fsp3) is 0. The van der Waals surface area contributed by atoms with Crippen molar-refractivity contribution in [2.75, 3.05) is 0 Å². The number of nitrogens with one attached hydrogen (secondary N) is 1. The van der Waals surface area contributed by atoms with Crippen LogP contribution >= 0.6 is 0 Å². The molecule has 0 aliphatic rings. The minimum Gasteiger partial charge on any atom is -0.379 e. The van der Waals surface area contributed by atoms with Gasteiger partial charge in [0.05, 0.1) is 11.1 Å². The molecule has 1 heterocycles. The Labute approximate surface area is 171 Å². The molecule has 0 unspecified atom stereocenters. The molecule has 1 amide bonds. The highest BCUT2D eigenvalue weighted by Gasteiger charge is 2.27. The molecule has 0 aliphatic carbocycles. The molecule has 2 aromatic carbocycles. The van der Waals surface area contributed by atoms with E-state index in [9.17, 15) is 23.3 Å². The molecular formula is C19H14N4O6S. The number of carbonyl (C=O) groups is 1. The number of carbonyl (C=O) groups excluding carboxylic acids is 1. The standard InChI is InChI=1S/C19H14N4O6S/c24-19(15-9-11-20-12-10-15)22-21-13-14-5-7-16(8-6-14)29-30(27,28)18-4-2-1-3-17(18)23(25)26/h1-13H,(H,22,24)/b21-13+. The normalized spacial score (nSPS) is 11.2. The number of nitro benzene ring substituents is 1. The lowest BCUT2D eigenvalue weighted by Crippen LogP contribution is -2.17. The van der Waals surface area contributed by atoms with Crippen molar-refractivity contribution < 1.29 is 22.3 Å². The van der Waals surface area contributed by atoms with E-state index in [1.165, 1.54) is 67.1 Å². The molecule has 1 N–H and O–H groups in total. The van der Waals surface area contributed by atoms with Crippen LogP contribution in [0, 0.1) is 10.1 Å². The summed E-state index contributed by atoms with van der Waals surface area (Å²) in [5, 5.41) is 14.9. The van der Waals surface area contributed by atoms with Crippen molar-refractivity contribution in [2.24, 2.45) is 5.10 Å². The Morgan fingerprint density at radius 3 is 2.40 bits per heavy atom. The summed E-state index contributed by atoms with van der Waals surface area (Å²) in [5.74, 6) is -0.449. The largest absolute Gasteiger partial charge is 0.379 e. The van der Waals surface area contributed by atoms with Gasteiger partial charge < -0.3 is 4.18 Å². The third-order valence-electron chi connectivity index (χ3n) is 3.74. The highest BCUT2D eigenvalue weighted by Crippen LogP contribution is 2.26. The second kappa shape index (κ2) is 8.92. The highest BCUT2D eigenvalue weighted by atomic mass is 32.2. The SMILES string of the molecule is O=C(N/N=C/c1ccc(OS(=O)(=O)c2ccccc2[N+](=O)[O-])cc1)c1ccncc1. The lowest BCUT2D eigenvalue weighted by atomic mass is 10.2. The second-order valence-electron chi connectivity index (χ2n) is 5.77. The van der Waals surface area contributed by atoms with Crippen LogP contribution in [0.3, 0.4) is 0 Å². The van der Waals surface area contributed by atoms with E-state index in [-0.39, 0.29) is 5.75 Å². The number of nitro groups is 1. The molecule has 0 aliphatic heterocycles. The zero-order valence-electron chi connectivity index (χ0n) is 15.2. The first-order valence-electron chi connectivity index (χ1n) is 8.38. The fourth-order valence-corrected chi connectivity index (χ4v) is 3.43. The van der Waals surface area contributed by atoms with Crippen LogP contribution in [0.5, 0.6) is 5.75 Å². The Kier molecular flexibility index (Phi) is 6.13. The Morgan fingerprint density at radius 1 is 1.07 bits per heavy atom. The predicted octanol–water partition coefficient (Wildman–Crippen LogP) is 2.52. The van der Waals surface area contributed by atoms with Crippen molar-refractivity contribution in [3.8, 4) is 5.75 Å². The van der Waals surface area contributed by atoms with Gasteiger partial charge in [-0.25, -0.2) is 5.43 Å². The summed E-state index contributed by atoms with van der Waals surface area (Å²) in [6.07, 6.45) is 4.32. The van der Waals surface area contributed by atoms with Gasteiger partial charge in [-0.05, 0) is 48.0 Å². The average molecular weight is 426 g/mol. The molecule has 1 aromatic heterocycles. The van der Waals surface area contributed by atoms with Gasteiger partial charge in [0.2, 0.25) is 0 Å². The van der Waals surface area contributed by atoms with Crippen molar-refractivity contribution in [3.63, 3.8) is 0 Å². The zero-order chi connectivity index (χ0) is 21.6. The van der Waals surface area contributed by atoms with Gasteiger partial charge in [-0.15, -0.1) is 0 Å². The Morgan fingerprint density at radius 2 is 1.73 bits per heavy atom. The molecule has 0 atom stereocenters. The summed E-state index contributed by atoms with van der Waals surface area (Å²) in [5.41, 5.74) is 2.72.